The number of imide groups is 2. The van der Waals surface area contributed by atoms with E-state index in [1.807, 2.05) is 13.8 Å². The maximum atomic E-state index is 13.1. The third kappa shape index (κ3) is 3.89. The molecule has 0 aromatic heterocycles. The van der Waals surface area contributed by atoms with Crippen molar-refractivity contribution in [2.45, 2.75) is 39.8 Å². The molecule has 8 heteroatoms. The van der Waals surface area contributed by atoms with Crippen LogP contribution in [0.4, 0.5) is 9.18 Å². The smallest absolute Gasteiger partial charge is 0.334 e. The molecule has 0 aliphatic carbocycles. The van der Waals surface area contributed by atoms with E-state index < -0.39 is 42.4 Å². The van der Waals surface area contributed by atoms with Gasteiger partial charge >= 0.3 is 17.8 Å². The zero-order valence-electron chi connectivity index (χ0n) is 15.2. The molecule has 7 nitrogen and oxygen atoms in total. The number of carbonyl (C=O) groups excluding carboxylic acids is 4. The molecule has 0 saturated carbocycles. The first-order valence-electron chi connectivity index (χ1n) is 8.37. The van der Waals surface area contributed by atoms with Crippen LogP contribution in [0, 0.1) is 11.7 Å². The molecular formula is C18H22FN3O4. The number of hydrogen-bond donors (Lipinski definition) is 1. The first-order valence-corrected chi connectivity index (χ1v) is 8.37. The fraction of sp³-hybridized carbons (Fsp3) is 0.444. The Kier molecular flexibility index (Phi) is 5.74. The largest absolute Gasteiger partial charge is 0.347 e. The van der Waals surface area contributed by atoms with Crippen LogP contribution in [-0.4, -0.2) is 46.1 Å². The Morgan fingerprint density at radius 2 is 1.62 bits per heavy atom. The molecule has 5 amide bonds. The second kappa shape index (κ2) is 7.63. The molecule has 0 radical (unpaired) electrons. The number of nitrogens with one attached hydrogen (secondary N) is 1. The molecule has 140 valence electrons. The molecule has 2 rings (SSSR count). The van der Waals surface area contributed by atoms with Gasteiger partial charge in [0.15, 0.2) is 0 Å². The molecule has 1 saturated heterocycles. The van der Waals surface area contributed by atoms with Crippen LogP contribution in [0.1, 0.15) is 39.3 Å². The summed E-state index contributed by atoms with van der Waals surface area (Å²) in [4.78, 5) is 49.9. The van der Waals surface area contributed by atoms with Crippen molar-refractivity contribution in [3.8, 4) is 0 Å². The number of hydrogen-bond acceptors (Lipinski definition) is 4. The van der Waals surface area contributed by atoms with Gasteiger partial charge in [-0.3, -0.25) is 19.3 Å². The molecule has 1 N–H and O–H groups in total. The predicted molar refractivity (Wildman–Crippen MR) is 91.2 cm³/mol. The number of urea groups is 1. The van der Waals surface area contributed by atoms with Crippen LogP contribution < -0.4 is 5.32 Å². The molecular weight excluding hydrogens is 341 g/mol. The normalized spacial score (nSPS) is 16.0. The average Bonchev–Trinajstić information content (AvgIpc) is 2.77. The summed E-state index contributed by atoms with van der Waals surface area (Å²) in [6.45, 7) is 6.43. The van der Waals surface area contributed by atoms with Crippen LogP contribution in [0.25, 0.3) is 0 Å². The van der Waals surface area contributed by atoms with Gasteiger partial charge in [0.2, 0.25) is 5.91 Å². The van der Waals surface area contributed by atoms with E-state index in [1.165, 1.54) is 12.1 Å². The van der Waals surface area contributed by atoms with E-state index >= 15 is 0 Å². The molecule has 1 unspecified atom stereocenters. The van der Waals surface area contributed by atoms with Crippen molar-refractivity contribution in [1.82, 2.24) is 15.1 Å². The van der Waals surface area contributed by atoms with Gasteiger partial charge in [-0.15, -0.1) is 0 Å². The topological polar surface area (TPSA) is 86.8 Å². The lowest BCUT2D eigenvalue weighted by Gasteiger charge is -2.24. The number of benzene rings is 1. The molecule has 0 spiro atoms. The Balaban J connectivity index is 2.11. The van der Waals surface area contributed by atoms with Crippen molar-refractivity contribution in [3.05, 3.63) is 35.6 Å². The SMILES string of the molecule is CC(C)C(NC(=O)CN1C(=O)C(=O)N(C(C)C)C1=O)c1ccc(F)cc1. The Labute approximate surface area is 151 Å². The van der Waals surface area contributed by atoms with Crippen molar-refractivity contribution >= 4 is 23.8 Å². The van der Waals surface area contributed by atoms with Gasteiger partial charge in [0.05, 0.1) is 6.04 Å². The van der Waals surface area contributed by atoms with Gasteiger partial charge < -0.3 is 5.32 Å². The Hall–Kier alpha value is -2.77. The number of carbonyl (C=O) groups is 4. The molecule has 26 heavy (non-hydrogen) atoms. The Morgan fingerprint density at radius 3 is 2.08 bits per heavy atom. The monoisotopic (exact) mass is 363 g/mol. The molecule has 1 aliphatic heterocycles. The number of nitrogens with zero attached hydrogens (tertiary/aromatic N) is 2. The van der Waals surface area contributed by atoms with E-state index in [9.17, 15) is 23.6 Å². The van der Waals surface area contributed by atoms with Gasteiger partial charge in [-0.25, -0.2) is 14.1 Å². The molecule has 1 heterocycles. The highest BCUT2D eigenvalue weighted by Gasteiger charge is 2.46. The summed E-state index contributed by atoms with van der Waals surface area (Å²) in [6, 6.07) is 4.02. The summed E-state index contributed by atoms with van der Waals surface area (Å²) >= 11 is 0. The van der Waals surface area contributed by atoms with Gasteiger partial charge in [-0.05, 0) is 37.5 Å². The van der Waals surface area contributed by atoms with Crippen LogP contribution >= 0.6 is 0 Å². The van der Waals surface area contributed by atoms with E-state index in [0.29, 0.717) is 10.5 Å². The van der Waals surface area contributed by atoms with Crippen LogP contribution in [-0.2, 0) is 14.4 Å². The molecule has 1 aliphatic rings. The average molecular weight is 363 g/mol. The highest BCUT2D eigenvalue weighted by atomic mass is 19.1. The van der Waals surface area contributed by atoms with Crippen molar-refractivity contribution in [1.29, 1.82) is 0 Å². The lowest BCUT2D eigenvalue weighted by molar-refractivity contribution is -0.144. The minimum Gasteiger partial charge on any atom is -0.347 e. The zero-order chi connectivity index (χ0) is 19.6. The summed E-state index contributed by atoms with van der Waals surface area (Å²) in [5.41, 5.74) is 0.703. The minimum atomic E-state index is -1.01. The number of amides is 5. The number of rotatable bonds is 6. The summed E-state index contributed by atoms with van der Waals surface area (Å²) in [6.07, 6.45) is 0. The van der Waals surface area contributed by atoms with E-state index in [4.69, 9.17) is 0 Å². The minimum absolute atomic E-state index is 0.0109. The molecule has 1 aromatic rings. The van der Waals surface area contributed by atoms with Gasteiger partial charge in [-0.2, -0.15) is 0 Å². The van der Waals surface area contributed by atoms with Gasteiger partial charge in [-0.1, -0.05) is 26.0 Å². The van der Waals surface area contributed by atoms with Crippen LogP contribution in [0.3, 0.4) is 0 Å². The highest BCUT2D eigenvalue weighted by Crippen LogP contribution is 2.22. The molecule has 0 bridgehead atoms. The standard InChI is InChI=1S/C18H22FN3O4/c1-10(2)15(12-5-7-13(19)8-6-12)20-14(23)9-21-16(24)17(25)22(11(3)4)18(21)26/h5-8,10-11,15H,9H2,1-4H3,(H,20,23). The second-order valence-corrected chi connectivity index (χ2v) is 6.78. The summed E-state index contributed by atoms with van der Waals surface area (Å²) < 4.78 is 13.1. The van der Waals surface area contributed by atoms with E-state index in [0.717, 1.165) is 4.90 Å². The first-order chi connectivity index (χ1) is 12.1. The van der Waals surface area contributed by atoms with Gasteiger partial charge in [0, 0.05) is 6.04 Å². The maximum Gasteiger partial charge on any atom is 0.334 e. The fourth-order valence-corrected chi connectivity index (χ4v) is 2.78. The summed E-state index contributed by atoms with van der Waals surface area (Å²) in [5.74, 6) is -2.92. The highest BCUT2D eigenvalue weighted by molar-refractivity contribution is 6.45. The summed E-state index contributed by atoms with van der Waals surface area (Å²) in [5, 5.41) is 2.74. The zero-order valence-corrected chi connectivity index (χ0v) is 15.2. The van der Waals surface area contributed by atoms with Crippen LogP contribution in [0.15, 0.2) is 24.3 Å². The third-order valence-corrected chi connectivity index (χ3v) is 4.11. The molecule has 1 fully saturated rings. The van der Waals surface area contributed by atoms with Crippen molar-refractivity contribution < 1.29 is 23.6 Å². The van der Waals surface area contributed by atoms with Gasteiger partial charge in [0.1, 0.15) is 12.4 Å². The molecule has 1 atom stereocenters. The van der Waals surface area contributed by atoms with Crippen molar-refractivity contribution in [2.75, 3.05) is 6.54 Å². The maximum absolute atomic E-state index is 13.1. The lowest BCUT2D eigenvalue weighted by atomic mass is 9.96. The Morgan fingerprint density at radius 1 is 1.04 bits per heavy atom. The second-order valence-electron chi connectivity index (χ2n) is 6.78. The van der Waals surface area contributed by atoms with Gasteiger partial charge in [0.25, 0.3) is 0 Å². The number of halogens is 1. The van der Waals surface area contributed by atoms with E-state index in [-0.39, 0.29) is 11.7 Å². The summed E-state index contributed by atoms with van der Waals surface area (Å²) in [7, 11) is 0. The quantitative estimate of drug-likeness (QED) is 0.617. The van der Waals surface area contributed by atoms with Crippen LogP contribution in [0.2, 0.25) is 0 Å². The Bertz CT molecular complexity index is 730. The van der Waals surface area contributed by atoms with Crippen LogP contribution in [0.5, 0.6) is 0 Å². The van der Waals surface area contributed by atoms with E-state index in [1.54, 1.807) is 26.0 Å². The van der Waals surface area contributed by atoms with Crippen molar-refractivity contribution in [3.63, 3.8) is 0 Å². The first kappa shape index (κ1) is 19.6. The predicted octanol–water partition coefficient (Wildman–Crippen LogP) is 1.84. The molecule has 1 aromatic carbocycles. The van der Waals surface area contributed by atoms with E-state index in [2.05, 4.69) is 5.32 Å². The fourth-order valence-electron chi connectivity index (χ4n) is 2.78. The third-order valence-electron chi connectivity index (χ3n) is 4.11. The lowest BCUT2D eigenvalue weighted by Crippen LogP contribution is -2.44. The van der Waals surface area contributed by atoms with Crippen molar-refractivity contribution in [2.24, 2.45) is 5.92 Å².